The van der Waals surface area contributed by atoms with Crippen LogP contribution >= 0.6 is 0 Å². The first-order chi connectivity index (χ1) is 9.20. The highest BCUT2D eigenvalue weighted by Gasteiger charge is 2.42. The van der Waals surface area contributed by atoms with Gasteiger partial charge < -0.3 is 9.84 Å². The van der Waals surface area contributed by atoms with Crippen LogP contribution in [-0.4, -0.2) is 24.3 Å². The van der Waals surface area contributed by atoms with Gasteiger partial charge in [0.2, 0.25) is 0 Å². The van der Waals surface area contributed by atoms with E-state index in [1.54, 1.807) is 0 Å². The maximum Gasteiger partial charge on any atom is 0.314 e. The van der Waals surface area contributed by atoms with Gasteiger partial charge in [-0.1, -0.05) is 24.3 Å². The van der Waals surface area contributed by atoms with Gasteiger partial charge in [-0.2, -0.15) is 0 Å². The highest BCUT2D eigenvalue weighted by atomic mass is 16.5. The molecule has 1 N–H and O–H groups in total. The molecule has 0 saturated carbocycles. The molecule has 0 aliphatic heterocycles. The molecule has 0 saturated heterocycles. The second-order valence-electron chi connectivity index (χ2n) is 5.20. The Morgan fingerprint density at radius 2 is 2.21 bits per heavy atom. The van der Waals surface area contributed by atoms with E-state index in [1.807, 2.05) is 25.1 Å². The summed E-state index contributed by atoms with van der Waals surface area (Å²) in [7, 11) is 0. The van der Waals surface area contributed by atoms with Gasteiger partial charge in [-0.05, 0) is 50.2 Å². The predicted octanol–water partition coefficient (Wildman–Crippen LogP) is 3.16. The summed E-state index contributed by atoms with van der Waals surface area (Å²) in [5, 5.41) is 9.75. The fourth-order valence-corrected chi connectivity index (χ4v) is 3.13. The van der Waals surface area contributed by atoms with Crippen molar-refractivity contribution in [2.75, 3.05) is 13.2 Å². The molecule has 1 unspecified atom stereocenters. The number of carbonyl (C=O) groups is 1. The summed E-state index contributed by atoms with van der Waals surface area (Å²) in [4.78, 5) is 11.9. The first-order valence-electron chi connectivity index (χ1n) is 7.10. The molecule has 3 heteroatoms. The lowest BCUT2D eigenvalue weighted by atomic mass is 9.67. The molecule has 0 bridgehead atoms. The Morgan fingerprint density at radius 1 is 1.42 bits per heavy atom. The summed E-state index contributed by atoms with van der Waals surface area (Å²) in [6, 6.07) is 8.00. The molecule has 1 aliphatic carbocycles. The van der Waals surface area contributed by atoms with Gasteiger partial charge in [0.15, 0.2) is 0 Å². The van der Waals surface area contributed by atoms with Crippen LogP contribution in [-0.2, 0) is 21.4 Å². The highest BCUT2D eigenvalue weighted by molar-refractivity contribution is 5.82. The number of rotatable bonds is 6. The van der Waals surface area contributed by atoms with E-state index in [9.17, 15) is 9.90 Å². The van der Waals surface area contributed by atoms with Crippen LogP contribution < -0.4 is 0 Å². The van der Waals surface area contributed by atoms with Crippen molar-refractivity contribution in [3.05, 3.63) is 35.4 Å². The van der Waals surface area contributed by atoms with E-state index in [4.69, 9.17) is 4.74 Å². The van der Waals surface area contributed by atoms with Crippen molar-refractivity contribution < 1.29 is 14.6 Å². The normalized spacial score (nSPS) is 21.9. The van der Waals surface area contributed by atoms with Crippen molar-refractivity contribution in [2.24, 2.45) is 0 Å². The maximum atomic E-state index is 11.9. The van der Waals surface area contributed by atoms with Gasteiger partial charge in [-0.3, -0.25) is 4.79 Å². The molecular weight excluding hydrogens is 240 g/mol. The zero-order chi connectivity index (χ0) is 13.7. The van der Waals surface area contributed by atoms with Gasteiger partial charge in [0.1, 0.15) is 0 Å². The lowest BCUT2D eigenvalue weighted by molar-refractivity contribution is -0.145. The summed E-state index contributed by atoms with van der Waals surface area (Å²) in [6.45, 7) is 3.30. The zero-order valence-electron chi connectivity index (χ0n) is 11.5. The molecule has 3 nitrogen and oxygen atoms in total. The van der Waals surface area contributed by atoms with E-state index in [1.165, 1.54) is 5.56 Å². The molecule has 1 aliphatic rings. The average molecular weight is 262 g/mol. The second kappa shape index (κ2) is 6.20. The Balaban J connectivity index is 2.23. The number of ether oxygens (including phenoxy) is 1. The molecule has 0 fully saturated rings. The Morgan fingerprint density at radius 3 is 2.95 bits per heavy atom. The van der Waals surface area contributed by atoms with E-state index < -0.39 is 11.4 Å². The smallest absolute Gasteiger partial charge is 0.314 e. The molecule has 0 aromatic heterocycles. The molecule has 0 radical (unpaired) electrons. The molecule has 0 spiro atoms. The lowest BCUT2D eigenvalue weighted by Crippen LogP contribution is -2.39. The Hall–Kier alpha value is -1.35. The highest BCUT2D eigenvalue weighted by Crippen LogP contribution is 2.41. The molecule has 1 atom stereocenters. The maximum absolute atomic E-state index is 11.9. The third kappa shape index (κ3) is 2.81. The van der Waals surface area contributed by atoms with Crippen molar-refractivity contribution in [3.8, 4) is 0 Å². The van der Waals surface area contributed by atoms with Crippen LogP contribution in [0.15, 0.2) is 24.3 Å². The minimum atomic E-state index is -0.702. The predicted molar refractivity (Wildman–Crippen MR) is 74.4 cm³/mol. The van der Waals surface area contributed by atoms with E-state index >= 15 is 0 Å². The standard InChI is InChI=1S/C16H22O3/c1-2-19-12-6-11-16(15(17)18)10-5-8-13-7-3-4-9-14(13)16/h3-4,7,9H,2,5-6,8,10-12H2,1H3,(H,17,18). The quantitative estimate of drug-likeness (QED) is 0.801. The van der Waals surface area contributed by atoms with Crippen molar-refractivity contribution in [3.63, 3.8) is 0 Å². The third-order valence-corrected chi connectivity index (χ3v) is 4.09. The monoisotopic (exact) mass is 262 g/mol. The van der Waals surface area contributed by atoms with E-state index in [0.717, 1.165) is 31.2 Å². The Kier molecular flexibility index (Phi) is 4.59. The summed E-state index contributed by atoms with van der Waals surface area (Å²) < 4.78 is 5.34. The third-order valence-electron chi connectivity index (χ3n) is 4.09. The molecule has 0 heterocycles. The number of carboxylic acids is 1. The summed E-state index contributed by atoms with van der Waals surface area (Å²) in [6.07, 6.45) is 4.16. The molecule has 0 amide bonds. The summed E-state index contributed by atoms with van der Waals surface area (Å²) in [5.74, 6) is -0.684. The number of hydrogen-bond donors (Lipinski definition) is 1. The van der Waals surface area contributed by atoms with Gasteiger partial charge in [-0.25, -0.2) is 0 Å². The van der Waals surface area contributed by atoms with E-state index in [-0.39, 0.29) is 0 Å². The van der Waals surface area contributed by atoms with Crippen LogP contribution in [0.25, 0.3) is 0 Å². The second-order valence-corrected chi connectivity index (χ2v) is 5.20. The number of benzene rings is 1. The number of hydrogen-bond acceptors (Lipinski definition) is 2. The van der Waals surface area contributed by atoms with Gasteiger partial charge in [0.05, 0.1) is 5.41 Å². The van der Waals surface area contributed by atoms with Crippen LogP contribution in [0.2, 0.25) is 0 Å². The largest absolute Gasteiger partial charge is 0.481 e. The topological polar surface area (TPSA) is 46.5 Å². The Bertz CT molecular complexity index is 441. The van der Waals surface area contributed by atoms with Gasteiger partial charge in [0.25, 0.3) is 0 Å². The number of carboxylic acid groups (broad SMARTS) is 1. The number of aryl methyl sites for hydroxylation is 1. The van der Waals surface area contributed by atoms with Gasteiger partial charge >= 0.3 is 5.97 Å². The molecule has 1 aromatic carbocycles. The lowest BCUT2D eigenvalue weighted by Gasteiger charge is -2.35. The van der Waals surface area contributed by atoms with Crippen molar-refractivity contribution in [1.29, 1.82) is 0 Å². The molecule has 104 valence electrons. The SMILES string of the molecule is CCOCCCC1(C(=O)O)CCCc2ccccc21. The molecule has 19 heavy (non-hydrogen) atoms. The zero-order valence-corrected chi connectivity index (χ0v) is 11.5. The first kappa shape index (κ1) is 14.1. The van der Waals surface area contributed by atoms with Gasteiger partial charge in [0, 0.05) is 13.2 Å². The molecular formula is C16H22O3. The van der Waals surface area contributed by atoms with E-state index in [0.29, 0.717) is 19.6 Å². The van der Waals surface area contributed by atoms with Crippen LogP contribution in [0.5, 0.6) is 0 Å². The summed E-state index contributed by atoms with van der Waals surface area (Å²) in [5.41, 5.74) is 1.52. The fourth-order valence-electron chi connectivity index (χ4n) is 3.13. The molecule has 2 rings (SSSR count). The van der Waals surface area contributed by atoms with Crippen LogP contribution in [0, 0.1) is 0 Å². The van der Waals surface area contributed by atoms with Crippen LogP contribution in [0.3, 0.4) is 0 Å². The van der Waals surface area contributed by atoms with Crippen molar-refractivity contribution >= 4 is 5.97 Å². The van der Waals surface area contributed by atoms with Gasteiger partial charge in [-0.15, -0.1) is 0 Å². The van der Waals surface area contributed by atoms with Crippen molar-refractivity contribution in [2.45, 2.75) is 44.4 Å². The molecule has 1 aromatic rings. The first-order valence-corrected chi connectivity index (χ1v) is 7.10. The average Bonchev–Trinajstić information content (AvgIpc) is 2.43. The minimum absolute atomic E-state index is 0.647. The van der Waals surface area contributed by atoms with Crippen molar-refractivity contribution in [1.82, 2.24) is 0 Å². The summed E-state index contributed by atoms with van der Waals surface area (Å²) >= 11 is 0. The van der Waals surface area contributed by atoms with Crippen LogP contribution in [0.4, 0.5) is 0 Å². The number of aliphatic carboxylic acids is 1. The van der Waals surface area contributed by atoms with E-state index in [2.05, 4.69) is 6.07 Å². The van der Waals surface area contributed by atoms with Crippen LogP contribution in [0.1, 0.15) is 43.7 Å². The minimum Gasteiger partial charge on any atom is -0.481 e. The number of fused-ring (bicyclic) bond motifs is 1. The fraction of sp³-hybridized carbons (Fsp3) is 0.562. The Labute approximate surface area is 114 Å².